The van der Waals surface area contributed by atoms with Gasteiger partial charge >= 0.3 is 11.8 Å². The normalized spacial score (nSPS) is 20.9. The van der Waals surface area contributed by atoms with E-state index in [4.69, 9.17) is 5.11 Å². The van der Waals surface area contributed by atoms with Gasteiger partial charge in [-0.1, -0.05) is 6.42 Å². The van der Waals surface area contributed by atoms with Gasteiger partial charge in [0, 0.05) is 24.3 Å². The molecule has 0 spiro atoms. The van der Waals surface area contributed by atoms with Crippen LogP contribution in [0.1, 0.15) is 52.0 Å². The first-order valence-corrected chi connectivity index (χ1v) is 10.9. The summed E-state index contributed by atoms with van der Waals surface area (Å²) >= 11 is 0. The molecule has 0 unspecified atom stereocenters. The van der Waals surface area contributed by atoms with Crippen molar-refractivity contribution in [3.8, 4) is 0 Å². The summed E-state index contributed by atoms with van der Waals surface area (Å²) in [5.41, 5.74) is 0.361. The standard InChI is InChI=1S/C22H28N4O5/c1-12(2)26-18-9-8-14(23-19(27)15-4-3-5-17(15)24-21(29)30)10-16(18)20(28)25(22(26)31)11-13-6-7-13/h8-10,12-13,15,17,24H,3-7,11H2,1-2H3,(H,23,27)(H,29,30)/t15-,17+/m1/s1. The Morgan fingerprint density at radius 1 is 1.16 bits per heavy atom. The molecule has 2 aliphatic rings. The third kappa shape index (κ3) is 4.22. The van der Waals surface area contributed by atoms with Crippen LogP contribution in [0.4, 0.5) is 10.5 Å². The van der Waals surface area contributed by atoms with Crippen LogP contribution in [0.2, 0.25) is 0 Å². The Morgan fingerprint density at radius 3 is 2.55 bits per heavy atom. The lowest BCUT2D eigenvalue weighted by Crippen LogP contribution is -2.41. The number of hydrogen-bond donors (Lipinski definition) is 3. The van der Waals surface area contributed by atoms with Gasteiger partial charge in [0.1, 0.15) is 0 Å². The van der Waals surface area contributed by atoms with Crippen LogP contribution in [0.25, 0.3) is 10.9 Å². The zero-order chi connectivity index (χ0) is 22.3. The summed E-state index contributed by atoms with van der Waals surface area (Å²) in [7, 11) is 0. The van der Waals surface area contributed by atoms with Crippen LogP contribution in [0.3, 0.4) is 0 Å². The molecular formula is C22H28N4O5. The molecule has 9 nitrogen and oxygen atoms in total. The van der Waals surface area contributed by atoms with E-state index in [-0.39, 0.29) is 23.2 Å². The summed E-state index contributed by atoms with van der Waals surface area (Å²) in [4.78, 5) is 49.9. The smallest absolute Gasteiger partial charge is 0.404 e. The molecule has 31 heavy (non-hydrogen) atoms. The zero-order valence-corrected chi connectivity index (χ0v) is 17.8. The molecule has 1 heterocycles. The predicted molar refractivity (Wildman–Crippen MR) is 116 cm³/mol. The number of carboxylic acid groups (broad SMARTS) is 1. The van der Waals surface area contributed by atoms with E-state index >= 15 is 0 Å². The maximum atomic E-state index is 13.1. The minimum absolute atomic E-state index is 0.122. The lowest BCUT2D eigenvalue weighted by Gasteiger charge is -2.20. The second-order valence-corrected chi connectivity index (χ2v) is 8.92. The molecule has 9 heteroatoms. The number of rotatable bonds is 6. The molecule has 2 aromatic rings. The number of anilines is 1. The van der Waals surface area contributed by atoms with Crippen molar-refractivity contribution in [3.05, 3.63) is 39.0 Å². The minimum Gasteiger partial charge on any atom is -0.465 e. The van der Waals surface area contributed by atoms with Gasteiger partial charge in [-0.15, -0.1) is 0 Å². The maximum Gasteiger partial charge on any atom is 0.404 e. The molecule has 2 aliphatic carbocycles. The molecular weight excluding hydrogens is 400 g/mol. The van der Waals surface area contributed by atoms with Gasteiger partial charge in [0.2, 0.25) is 5.91 Å². The highest BCUT2D eigenvalue weighted by Crippen LogP contribution is 2.30. The molecule has 2 atom stereocenters. The molecule has 166 valence electrons. The highest BCUT2D eigenvalue weighted by molar-refractivity contribution is 5.95. The van der Waals surface area contributed by atoms with Gasteiger partial charge < -0.3 is 15.7 Å². The maximum absolute atomic E-state index is 13.1. The Kier molecular flexibility index (Phi) is 5.60. The number of hydrogen-bond acceptors (Lipinski definition) is 4. The third-order valence-electron chi connectivity index (χ3n) is 6.25. The molecule has 0 saturated heterocycles. The first kappa shape index (κ1) is 21.1. The Balaban J connectivity index is 1.68. The molecule has 2 saturated carbocycles. The molecule has 0 aliphatic heterocycles. The van der Waals surface area contributed by atoms with Gasteiger partial charge in [-0.25, -0.2) is 9.59 Å². The summed E-state index contributed by atoms with van der Waals surface area (Å²) in [5, 5.41) is 14.6. The molecule has 1 aromatic carbocycles. The lowest BCUT2D eigenvalue weighted by atomic mass is 10.0. The largest absolute Gasteiger partial charge is 0.465 e. The second-order valence-electron chi connectivity index (χ2n) is 8.92. The van der Waals surface area contributed by atoms with Crippen molar-refractivity contribution in [2.45, 2.75) is 64.6 Å². The van der Waals surface area contributed by atoms with Crippen LogP contribution in [-0.2, 0) is 11.3 Å². The van der Waals surface area contributed by atoms with Gasteiger partial charge in [-0.05, 0) is 63.6 Å². The SMILES string of the molecule is CC(C)n1c(=O)n(CC2CC2)c(=O)c2cc(NC(=O)[C@@H]3CCC[C@@H]3NC(=O)O)ccc21. The van der Waals surface area contributed by atoms with Crippen molar-refractivity contribution in [1.29, 1.82) is 0 Å². The van der Waals surface area contributed by atoms with Gasteiger partial charge in [0.05, 0.1) is 16.8 Å². The number of nitrogens with one attached hydrogen (secondary N) is 2. The zero-order valence-electron chi connectivity index (χ0n) is 17.8. The summed E-state index contributed by atoms with van der Waals surface area (Å²) < 4.78 is 2.93. The highest BCUT2D eigenvalue weighted by Gasteiger charge is 2.34. The van der Waals surface area contributed by atoms with E-state index in [1.807, 2.05) is 13.8 Å². The second kappa shape index (κ2) is 8.20. The molecule has 3 N–H and O–H groups in total. The Hall–Kier alpha value is -3.10. The van der Waals surface area contributed by atoms with Crippen molar-refractivity contribution >= 4 is 28.6 Å². The van der Waals surface area contributed by atoms with E-state index in [0.717, 1.165) is 19.3 Å². The molecule has 0 bridgehead atoms. The van der Waals surface area contributed by atoms with E-state index in [1.165, 1.54) is 4.57 Å². The average molecular weight is 428 g/mol. The van der Waals surface area contributed by atoms with Crippen molar-refractivity contribution < 1.29 is 14.7 Å². The Labute approximate surface area is 179 Å². The van der Waals surface area contributed by atoms with Gasteiger partial charge in [0.25, 0.3) is 5.56 Å². The number of carbonyl (C=O) groups excluding carboxylic acids is 1. The van der Waals surface area contributed by atoms with Crippen LogP contribution in [0, 0.1) is 11.8 Å². The third-order valence-corrected chi connectivity index (χ3v) is 6.25. The molecule has 2 amide bonds. The number of aromatic nitrogens is 2. The van der Waals surface area contributed by atoms with E-state index in [0.29, 0.717) is 41.9 Å². The summed E-state index contributed by atoms with van der Waals surface area (Å²) in [5.74, 6) is -0.360. The van der Waals surface area contributed by atoms with Crippen molar-refractivity contribution in [1.82, 2.24) is 14.5 Å². The van der Waals surface area contributed by atoms with Gasteiger partial charge in [-0.2, -0.15) is 0 Å². The average Bonchev–Trinajstić information content (AvgIpc) is 3.41. The fourth-order valence-corrected chi connectivity index (χ4v) is 4.52. The van der Waals surface area contributed by atoms with E-state index in [1.54, 1.807) is 22.8 Å². The predicted octanol–water partition coefficient (Wildman–Crippen LogP) is 2.53. The van der Waals surface area contributed by atoms with Crippen LogP contribution in [0.5, 0.6) is 0 Å². The Morgan fingerprint density at radius 2 is 1.90 bits per heavy atom. The first-order valence-electron chi connectivity index (χ1n) is 10.9. The molecule has 1 aromatic heterocycles. The molecule has 0 radical (unpaired) electrons. The van der Waals surface area contributed by atoms with Crippen LogP contribution in [0.15, 0.2) is 27.8 Å². The fourth-order valence-electron chi connectivity index (χ4n) is 4.52. The number of amides is 2. The Bertz CT molecular complexity index is 1150. The number of fused-ring (bicyclic) bond motifs is 1. The van der Waals surface area contributed by atoms with E-state index < -0.39 is 18.1 Å². The number of nitrogens with zero attached hydrogens (tertiary/aromatic N) is 2. The molecule has 4 rings (SSSR count). The van der Waals surface area contributed by atoms with Crippen LogP contribution in [-0.4, -0.2) is 32.3 Å². The number of carbonyl (C=O) groups is 2. The minimum atomic E-state index is -1.14. The first-order chi connectivity index (χ1) is 14.8. The summed E-state index contributed by atoms with van der Waals surface area (Å²) in [6.45, 7) is 4.22. The lowest BCUT2D eigenvalue weighted by molar-refractivity contribution is -0.120. The van der Waals surface area contributed by atoms with Crippen molar-refractivity contribution in [2.75, 3.05) is 5.32 Å². The van der Waals surface area contributed by atoms with Gasteiger partial charge in [0.15, 0.2) is 0 Å². The fraction of sp³-hybridized carbons (Fsp3) is 0.545. The van der Waals surface area contributed by atoms with Crippen LogP contribution >= 0.6 is 0 Å². The monoisotopic (exact) mass is 428 g/mol. The van der Waals surface area contributed by atoms with Crippen LogP contribution < -0.4 is 21.9 Å². The van der Waals surface area contributed by atoms with Gasteiger partial charge in [-0.3, -0.25) is 18.7 Å². The van der Waals surface area contributed by atoms with E-state index in [2.05, 4.69) is 10.6 Å². The number of benzene rings is 1. The van der Waals surface area contributed by atoms with E-state index in [9.17, 15) is 19.2 Å². The summed E-state index contributed by atoms with van der Waals surface area (Å²) in [6, 6.07) is 4.45. The van der Waals surface area contributed by atoms with Crippen molar-refractivity contribution in [2.24, 2.45) is 11.8 Å². The highest BCUT2D eigenvalue weighted by atomic mass is 16.4. The molecule has 2 fully saturated rings. The summed E-state index contributed by atoms with van der Waals surface area (Å²) in [6.07, 6.45) is 2.90. The quantitative estimate of drug-likeness (QED) is 0.653. The topological polar surface area (TPSA) is 122 Å². The van der Waals surface area contributed by atoms with Crippen molar-refractivity contribution in [3.63, 3.8) is 0 Å².